The zero-order valence-corrected chi connectivity index (χ0v) is 28.6. The lowest BCUT2D eigenvalue weighted by molar-refractivity contribution is -0.149. The molecule has 2 aromatic carbocycles. The van der Waals surface area contributed by atoms with Gasteiger partial charge >= 0.3 is 0 Å². The molecule has 0 aliphatic carbocycles. The number of ether oxygens (including phenoxy) is 2. The minimum Gasteiger partial charge on any atom is -0.494 e. The van der Waals surface area contributed by atoms with Crippen LogP contribution in [0, 0.1) is 31.6 Å². The van der Waals surface area contributed by atoms with E-state index in [1.54, 1.807) is 26.9 Å². The number of likely N-dealkylation sites (tertiary alicyclic amines) is 1. The molecule has 0 radical (unpaired) electrons. The molecule has 252 valence electrons. The Morgan fingerprint density at radius 1 is 1.06 bits per heavy atom. The summed E-state index contributed by atoms with van der Waals surface area (Å²) in [5.41, 5.74) is 1.06. The van der Waals surface area contributed by atoms with Crippen molar-refractivity contribution < 1.29 is 29.0 Å². The SMILES string of the molecule is C=CCN(C(=O)[C@@H]1[C@H]2C(=O)N([C@@H](CO)C(C)C)C(C(=O)N(CC=C)c3cc(C)ccc3C)C23CC[C@@]1(C)O3)c1ccc(OCC)cc1. The molecule has 3 fully saturated rings. The number of benzene rings is 2. The van der Waals surface area contributed by atoms with E-state index in [2.05, 4.69) is 13.2 Å². The summed E-state index contributed by atoms with van der Waals surface area (Å²) in [4.78, 5) is 49.5. The highest BCUT2D eigenvalue weighted by Crippen LogP contribution is 2.64. The predicted molar refractivity (Wildman–Crippen MR) is 183 cm³/mol. The van der Waals surface area contributed by atoms with E-state index in [1.807, 2.05) is 84.0 Å². The normalized spacial score (nSPS) is 26.7. The number of rotatable bonds is 13. The Balaban J connectivity index is 1.63. The molecular weight excluding hydrogens is 594 g/mol. The summed E-state index contributed by atoms with van der Waals surface area (Å²) in [6.45, 7) is 20.0. The number of carbonyl (C=O) groups excluding carboxylic acids is 3. The molecule has 3 aliphatic heterocycles. The monoisotopic (exact) mass is 643 g/mol. The fraction of sp³-hybridized carbons (Fsp3) is 0.500. The largest absolute Gasteiger partial charge is 0.494 e. The lowest BCUT2D eigenvalue weighted by Crippen LogP contribution is -2.60. The van der Waals surface area contributed by atoms with Gasteiger partial charge in [-0.1, -0.05) is 38.1 Å². The van der Waals surface area contributed by atoms with Crippen molar-refractivity contribution in [2.45, 2.75) is 77.7 Å². The molecule has 47 heavy (non-hydrogen) atoms. The molecule has 9 nitrogen and oxygen atoms in total. The van der Waals surface area contributed by atoms with Gasteiger partial charge in [0.1, 0.15) is 17.4 Å². The number of hydrogen-bond acceptors (Lipinski definition) is 6. The number of nitrogens with zero attached hydrogens (tertiary/aromatic N) is 3. The van der Waals surface area contributed by atoms with Crippen molar-refractivity contribution in [3.8, 4) is 5.75 Å². The van der Waals surface area contributed by atoms with Crippen LogP contribution in [0.5, 0.6) is 5.75 Å². The van der Waals surface area contributed by atoms with Crippen molar-refractivity contribution in [3.63, 3.8) is 0 Å². The number of fused-ring (bicyclic) bond motifs is 1. The Labute approximate surface area is 278 Å². The summed E-state index contributed by atoms with van der Waals surface area (Å²) in [5.74, 6) is -2.12. The Kier molecular flexibility index (Phi) is 9.71. The molecule has 3 amide bonds. The maximum Gasteiger partial charge on any atom is 0.253 e. The van der Waals surface area contributed by atoms with Crippen LogP contribution in [0.1, 0.15) is 51.7 Å². The molecule has 5 rings (SSSR count). The van der Waals surface area contributed by atoms with Crippen LogP contribution in [0.4, 0.5) is 11.4 Å². The van der Waals surface area contributed by atoms with Crippen molar-refractivity contribution in [1.82, 2.24) is 4.90 Å². The molecule has 6 atom stereocenters. The third-order valence-electron chi connectivity index (χ3n) is 10.3. The smallest absolute Gasteiger partial charge is 0.253 e. The van der Waals surface area contributed by atoms with E-state index in [0.717, 1.165) is 16.8 Å². The molecule has 3 saturated heterocycles. The van der Waals surface area contributed by atoms with Crippen LogP contribution in [0.25, 0.3) is 0 Å². The van der Waals surface area contributed by atoms with Gasteiger partial charge in [-0.05, 0) is 87.9 Å². The van der Waals surface area contributed by atoms with E-state index in [9.17, 15) is 14.7 Å². The first-order chi connectivity index (χ1) is 22.4. The molecule has 2 aromatic rings. The number of carbonyl (C=O) groups is 3. The van der Waals surface area contributed by atoms with Gasteiger partial charge in [-0.2, -0.15) is 0 Å². The first kappa shape index (κ1) is 34.4. The predicted octanol–water partition coefficient (Wildman–Crippen LogP) is 5.22. The lowest BCUT2D eigenvalue weighted by atomic mass is 9.66. The van der Waals surface area contributed by atoms with Gasteiger partial charge in [0.15, 0.2) is 0 Å². The Hall–Kier alpha value is -3.95. The molecule has 0 saturated carbocycles. The third kappa shape index (κ3) is 5.67. The molecule has 9 heteroatoms. The zero-order valence-electron chi connectivity index (χ0n) is 28.6. The summed E-state index contributed by atoms with van der Waals surface area (Å²) in [7, 11) is 0. The first-order valence-electron chi connectivity index (χ1n) is 16.7. The van der Waals surface area contributed by atoms with Gasteiger partial charge < -0.3 is 29.3 Å². The highest BCUT2D eigenvalue weighted by molar-refractivity contribution is 6.07. The zero-order chi connectivity index (χ0) is 34.3. The molecule has 3 aliphatic rings. The van der Waals surface area contributed by atoms with Gasteiger partial charge in [0.05, 0.1) is 36.7 Å². The van der Waals surface area contributed by atoms with Crippen molar-refractivity contribution in [1.29, 1.82) is 0 Å². The van der Waals surface area contributed by atoms with Crippen LogP contribution in [0.2, 0.25) is 0 Å². The quantitative estimate of drug-likeness (QED) is 0.301. The molecule has 3 heterocycles. The van der Waals surface area contributed by atoms with Gasteiger partial charge in [0, 0.05) is 24.5 Å². The summed E-state index contributed by atoms with van der Waals surface area (Å²) >= 11 is 0. The minimum atomic E-state index is -1.25. The maximum atomic E-state index is 15.0. The van der Waals surface area contributed by atoms with Crippen LogP contribution in [0.3, 0.4) is 0 Å². The number of hydrogen-bond donors (Lipinski definition) is 1. The van der Waals surface area contributed by atoms with Crippen molar-refractivity contribution in [3.05, 3.63) is 78.9 Å². The molecule has 2 bridgehead atoms. The van der Waals surface area contributed by atoms with Crippen LogP contribution < -0.4 is 14.5 Å². The van der Waals surface area contributed by atoms with Gasteiger partial charge in [0.2, 0.25) is 11.8 Å². The fourth-order valence-electron chi connectivity index (χ4n) is 8.10. The number of aliphatic hydroxyl groups is 1. The number of aryl methyl sites for hydroxylation is 2. The van der Waals surface area contributed by atoms with Crippen LogP contribution in [-0.4, -0.2) is 77.3 Å². The molecule has 1 N–H and O–H groups in total. The average Bonchev–Trinajstić information content (AvgIpc) is 3.61. The molecule has 1 spiro atoms. The first-order valence-corrected chi connectivity index (χ1v) is 16.7. The summed E-state index contributed by atoms with van der Waals surface area (Å²) in [5, 5.41) is 10.7. The lowest BCUT2D eigenvalue weighted by Gasteiger charge is -2.41. The van der Waals surface area contributed by atoms with Crippen molar-refractivity contribution in [2.75, 3.05) is 36.1 Å². The summed E-state index contributed by atoms with van der Waals surface area (Å²) in [6.07, 6.45) is 4.28. The molecule has 0 aromatic heterocycles. The van der Waals surface area contributed by atoms with Gasteiger partial charge in [-0.3, -0.25) is 14.4 Å². The maximum absolute atomic E-state index is 15.0. The standard InChI is InChI=1S/C38H49N3O6/c1-9-20-39(27-14-16-28(17-15-27)46-11-3)34(43)31-32-35(44)41(30(23-42)24(4)5)33(38(32)19-18-37(31,8)47-38)36(45)40(21-10-2)29-22-25(6)12-13-26(29)7/h9-10,12-17,22,24,30-33,42H,1-2,11,18-21,23H2,3-8H3/t30-,31-,32-,33?,37+,38?/m0/s1. The van der Waals surface area contributed by atoms with Crippen LogP contribution in [-0.2, 0) is 19.1 Å². The molecular formula is C38H49N3O6. The second kappa shape index (κ2) is 13.3. The van der Waals surface area contributed by atoms with Gasteiger partial charge in [-0.15, -0.1) is 13.2 Å². The van der Waals surface area contributed by atoms with Gasteiger partial charge in [-0.25, -0.2) is 0 Å². The second-order valence-electron chi connectivity index (χ2n) is 13.7. The summed E-state index contributed by atoms with van der Waals surface area (Å²) in [6, 6.07) is 11.5. The van der Waals surface area contributed by atoms with Crippen molar-refractivity contribution in [2.24, 2.45) is 17.8 Å². The van der Waals surface area contributed by atoms with Crippen LogP contribution >= 0.6 is 0 Å². The van der Waals surface area contributed by atoms with Crippen LogP contribution in [0.15, 0.2) is 67.8 Å². The Bertz CT molecular complexity index is 1540. The minimum absolute atomic E-state index is 0.161. The highest BCUT2D eigenvalue weighted by atomic mass is 16.5. The average molecular weight is 644 g/mol. The summed E-state index contributed by atoms with van der Waals surface area (Å²) < 4.78 is 12.5. The van der Waals surface area contributed by atoms with E-state index >= 15 is 4.79 Å². The number of amides is 3. The second-order valence-corrected chi connectivity index (χ2v) is 13.7. The van der Waals surface area contributed by atoms with E-state index in [1.165, 1.54) is 0 Å². The Morgan fingerprint density at radius 3 is 2.32 bits per heavy atom. The van der Waals surface area contributed by atoms with E-state index in [4.69, 9.17) is 9.47 Å². The van der Waals surface area contributed by atoms with E-state index < -0.39 is 35.1 Å². The fourth-order valence-corrected chi connectivity index (χ4v) is 8.10. The van der Waals surface area contributed by atoms with E-state index in [0.29, 0.717) is 30.9 Å². The Morgan fingerprint density at radius 2 is 1.72 bits per heavy atom. The van der Waals surface area contributed by atoms with E-state index in [-0.39, 0.29) is 43.3 Å². The number of anilines is 2. The third-order valence-corrected chi connectivity index (χ3v) is 10.3. The number of aliphatic hydroxyl groups excluding tert-OH is 1. The highest BCUT2D eigenvalue weighted by Gasteiger charge is 2.79. The van der Waals surface area contributed by atoms with Gasteiger partial charge in [0.25, 0.3) is 5.91 Å². The topological polar surface area (TPSA) is 99.6 Å². The van der Waals surface area contributed by atoms with Crippen molar-refractivity contribution >= 4 is 29.1 Å². The molecule has 2 unspecified atom stereocenters.